The van der Waals surface area contributed by atoms with Crippen molar-refractivity contribution in [3.05, 3.63) is 52.0 Å². The second-order valence-electron chi connectivity index (χ2n) is 4.47. The van der Waals surface area contributed by atoms with Crippen molar-refractivity contribution in [3.63, 3.8) is 0 Å². The molecule has 21 heavy (non-hydrogen) atoms. The minimum Gasteiger partial charge on any atom is -0.338 e. The number of alkyl halides is 2. The van der Waals surface area contributed by atoms with Gasteiger partial charge in [-0.05, 0) is 52.7 Å². The zero-order chi connectivity index (χ0) is 15.6. The molecule has 1 N–H and O–H groups in total. The number of hydrogen-bond donors (Lipinski definition) is 1. The van der Waals surface area contributed by atoms with E-state index in [-0.39, 0.29) is 10.2 Å². The summed E-state index contributed by atoms with van der Waals surface area (Å²) in [6.07, 6.45) is -1.14. The van der Waals surface area contributed by atoms with Gasteiger partial charge in [-0.1, -0.05) is 0 Å². The van der Waals surface area contributed by atoms with Crippen LogP contribution in [0.4, 0.5) is 18.9 Å². The largest absolute Gasteiger partial charge is 0.338 e. The number of hydrogen-bond acceptors (Lipinski definition) is 1. The summed E-state index contributed by atoms with van der Waals surface area (Å²) in [4.78, 5) is 12.1. The molecule has 1 aromatic carbocycles. The van der Waals surface area contributed by atoms with Crippen LogP contribution in [0.3, 0.4) is 0 Å². The lowest BCUT2D eigenvalue weighted by Crippen LogP contribution is -2.19. The van der Waals surface area contributed by atoms with Gasteiger partial charge >= 0.3 is 0 Å². The molecule has 1 amide bonds. The topological polar surface area (TPSA) is 34.0 Å². The summed E-state index contributed by atoms with van der Waals surface area (Å²) in [7, 11) is 0. The standard InChI is InChI=1S/C14H12BrF3N2O/c1-8-5-10(16)9(15)6-11(8)19-14(21)12-3-2-4-20(12)7-13(17)18/h2-6,13H,7H2,1H3,(H,19,21). The molecule has 7 heteroatoms. The number of halogens is 4. The van der Waals surface area contributed by atoms with Crippen molar-refractivity contribution in [2.75, 3.05) is 5.32 Å². The van der Waals surface area contributed by atoms with E-state index in [1.54, 1.807) is 6.92 Å². The highest BCUT2D eigenvalue weighted by Crippen LogP contribution is 2.24. The number of nitrogens with one attached hydrogen (secondary N) is 1. The number of anilines is 1. The molecule has 0 aliphatic heterocycles. The smallest absolute Gasteiger partial charge is 0.272 e. The predicted octanol–water partition coefficient (Wildman–Crippen LogP) is 4.22. The molecule has 3 nitrogen and oxygen atoms in total. The van der Waals surface area contributed by atoms with E-state index < -0.39 is 24.7 Å². The van der Waals surface area contributed by atoms with Crippen LogP contribution in [-0.4, -0.2) is 16.9 Å². The van der Waals surface area contributed by atoms with Crippen molar-refractivity contribution < 1.29 is 18.0 Å². The number of carbonyl (C=O) groups excluding carboxylic acids is 1. The molecule has 1 heterocycles. The number of rotatable bonds is 4. The summed E-state index contributed by atoms with van der Waals surface area (Å²) in [5.74, 6) is -0.964. The van der Waals surface area contributed by atoms with Crippen LogP contribution in [0, 0.1) is 12.7 Å². The van der Waals surface area contributed by atoms with Gasteiger partial charge in [-0.15, -0.1) is 0 Å². The zero-order valence-electron chi connectivity index (χ0n) is 11.0. The Morgan fingerprint density at radius 1 is 1.43 bits per heavy atom. The molecule has 0 spiro atoms. The third kappa shape index (κ3) is 3.66. The molecule has 1 aromatic heterocycles. The van der Waals surface area contributed by atoms with Crippen LogP contribution >= 0.6 is 15.9 Å². The Kier molecular flexibility index (Phi) is 4.72. The van der Waals surface area contributed by atoms with E-state index in [9.17, 15) is 18.0 Å². The van der Waals surface area contributed by atoms with E-state index in [4.69, 9.17) is 0 Å². The Balaban J connectivity index is 2.23. The Hall–Kier alpha value is -1.76. The number of amides is 1. The lowest BCUT2D eigenvalue weighted by Gasteiger charge is -2.12. The maximum absolute atomic E-state index is 13.3. The average molecular weight is 361 g/mol. The fourth-order valence-corrected chi connectivity index (χ4v) is 2.24. The summed E-state index contributed by atoms with van der Waals surface area (Å²) in [6.45, 7) is 1.09. The first-order valence-corrected chi connectivity index (χ1v) is 6.88. The highest BCUT2D eigenvalue weighted by Gasteiger charge is 2.15. The molecule has 0 saturated heterocycles. The monoisotopic (exact) mass is 360 g/mol. The van der Waals surface area contributed by atoms with E-state index in [1.807, 2.05) is 0 Å². The Morgan fingerprint density at radius 3 is 2.81 bits per heavy atom. The highest BCUT2D eigenvalue weighted by molar-refractivity contribution is 9.10. The Labute approximate surface area is 127 Å². The quantitative estimate of drug-likeness (QED) is 0.870. The van der Waals surface area contributed by atoms with Crippen molar-refractivity contribution in [2.45, 2.75) is 19.9 Å². The average Bonchev–Trinajstić information content (AvgIpc) is 2.83. The lowest BCUT2D eigenvalue weighted by atomic mass is 10.2. The fraction of sp³-hybridized carbons (Fsp3) is 0.214. The van der Waals surface area contributed by atoms with Gasteiger partial charge in [-0.25, -0.2) is 13.2 Å². The molecule has 2 rings (SSSR count). The molecular weight excluding hydrogens is 349 g/mol. The SMILES string of the molecule is Cc1cc(F)c(Br)cc1NC(=O)c1cccn1CC(F)F. The van der Waals surface area contributed by atoms with Gasteiger partial charge in [-0.2, -0.15) is 0 Å². The molecule has 0 saturated carbocycles. The van der Waals surface area contributed by atoms with Crippen LogP contribution in [0.5, 0.6) is 0 Å². The van der Waals surface area contributed by atoms with Crippen LogP contribution in [0.15, 0.2) is 34.9 Å². The van der Waals surface area contributed by atoms with Crippen LogP contribution in [0.1, 0.15) is 16.1 Å². The van der Waals surface area contributed by atoms with Gasteiger partial charge in [0.25, 0.3) is 12.3 Å². The first-order valence-electron chi connectivity index (χ1n) is 6.08. The van der Waals surface area contributed by atoms with Gasteiger partial charge in [0.2, 0.25) is 0 Å². The summed E-state index contributed by atoms with van der Waals surface area (Å²) in [6, 6.07) is 5.68. The first-order chi connectivity index (χ1) is 9.88. The zero-order valence-corrected chi connectivity index (χ0v) is 12.6. The fourth-order valence-electron chi connectivity index (χ4n) is 1.90. The normalized spacial score (nSPS) is 11.0. The van der Waals surface area contributed by atoms with Crippen LogP contribution in [-0.2, 0) is 6.54 Å². The minimum absolute atomic E-state index is 0.121. The molecule has 2 aromatic rings. The van der Waals surface area contributed by atoms with Gasteiger partial charge in [0.05, 0.1) is 11.0 Å². The summed E-state index contributed by atoms with van der Waals surface area (Å²) >= 11 is 3.04. The van der Waals surface area contributed by atoms with Gasteiger partial charge < -0.3 is 9.88 Å². The maximum atomic E-state index is 13.3. The van der Waals surface area contributed by atoms with E-state index in [0.29, 0.717) is 11.3 Å². The Morgan fingerprint density at radius 2 is 2.14 bits per heavy atom. The van der Waals surface area contributed by atoms with Gasteiger partial charge in [-0.3, -0.25) is 4.79 Å². The molecule has 0 aliphatic carbocycles. The van der Waals surface area contributed by atoms with E-state index >= 15 is 0 Å². The molecule has 112 valence electrons. The van der Waals surface area contributed by atoms with E-state index in [2.05, 4.69) is 21.2 Å². The Bertz CT molecular complexity index is 670. The molecular formula is C14H12BrF3N2O. The summed E-state index contributed by atoms with van der Waals surface area (Å²) in [5, 5.41) is 2.59. The van der Waals surface area contributed by atoms with Crippen molar-refractivity contribution in [2.24, 2.45) is 0 Å². The minimum atomic E-state index is -2.55. The van der Waals surface area contributed by atoms with Crippen molar-refractivity contribution in [3.8, 4) is 0 Å². The molecule has 0 aliphatic rings. The van der Waals surface area contributed by atoms with Crippen LogP contribution < -0.4 is 5.32 Å². The first kappa shape index (κ1) is 15.6. The van der Waals surface area contributed by atoms with E-state index in [1.165, 1.54) is 35.0 Å². The van der Waals surface area contributed by atoms with Crippen molar-refractivity contribution >= 4 is 27.5 Å². The molecule has 0 unspecified atom stereocenters. The second-order valence-corrected chi connectivity index (χ2v) is 5.33. The number of aryl methyl sites for hydroxylation is 1. The van der Waals surface area contributed by atoms with Crippen molar-refractivity contribution in [1.29, 1.82) is 0 Å². The van der Waals surface area contributed by atoms with Gasteiger partial charge in [0.1, 0.15) is 11.5 Å². The van der Waals surface area contributed by atoms with Crippen LogP contribution in [0.25, 0.3) is 0 Å². The van der Waals surface area contributed by atoms with Crippen molar-refractivity contribution in [1.82, 2.24) is 4.57 Å². The number of benzene rings is 1. The van der Waals surface area contributed by atoms with Crippen LogP contribution in [0.2, 0.25) is 0 Å². The number of carbonyl (C=O) groups is 1. The highest BCUT2D eigenvalue weighted by atomic mass is 79.9. The third-order valence-electron chi connectivity index (χ3n) is 2.91. The molecule has 0 fully saturated rings. The molecule has 0 atom stereocenters. The summed E-state index contributed by atoms with van der Waals surface area (Å²) in [5.41, 5.74) is 1.07. The second kappa shape index (κ2) is 6.34. The number of nitrogens with zero attached hydrogens (tertiary/aromatic N) is 1. The van der Waals surface area contributed by atoms with E-state index in [0.717, 1.165) is 0 Å². The summed E-state index contributed by atoms with van der Waals surface area (Å²) < 4.78 is 39.6. The third-order valence-corrected chi connectivity index (χ3v) is 3.52. The molecule has 0 radical (unpaired) electrons. The maximum Gasteiger partial charge on any atom is 0.272 e. The van der Waals surface area contributed by atoms with Gasteiger partial charge in [0, 0.05) is 11.9 Å². The molecule has 0 bridgehead atoms. The number of aromatic nitrogens is 1. The lowest BCUT2D eigenvalue weighted by molar-refractivity contribution is 0.0997. The predicted molar refractivity (Wildman–Crippen MR) is 77.2 cm³/mol. The van der Waals surface area contributed by atoms with Gasteiger partial charge in [0.15, 0.2) is 0 Å².